The number of carbonyl (C=O) groups excluding carboxylic acids is 2. The minimum Gasteiger partial charge on any atom is -0.550 e. The Labute approximate surface area is 183 Å². The average Bonchev–Trinajstić information content (AvgIpc) is 2.04. The number of carboxylic acids is 2. The molecule has 0 bridgehead atoms. The van der Waals surface area contributed by atoms with E-state index in [1.807, 2.05) is 6.92 Å². The van der Waals surface area contributed by atoms with Crippen LogP contribution in [0.1, 0.15) is 46.5 Å². The van der Waals surface area contributed by atoms with Crippen LogP contribution in [-0.4, -0.2) is 11.9 Å². The minimum absolute atomic E-state index is 0. The summed E-state index contributed by atoms with van der Waals surface area (Å²) in [6.07, 6.45) is 3.52. The number of rotatable bonds is 5. The maximum atomic E-state index is 10.3. The van der Waals surface area contributed by atoms with Crippen molar-refractivity contribution in [3.8, 4) is 0 Å². The summed E-state index contributed by atoms with van der Waals surface area (Å²) in [6.45, 7) is 4.91. The van der Waals surface area contributed by atoms with Crippen LogP contribution in [0.3, 0.4) is 0 Å². The van der Waals surface area contributed by atoms with Crippen molar-refractivity contribution in [3.63, 3.8) is 0 Å². The van der Waals surface area contributed by atoms with E-state index >= 15 is 0 Å². The van der Waals surface area contributed by atoms with Crippen molar-refractivity contribution < 1.29 is 123 Å². The molecule has 0 saturated heterocycles. The quantitative estimate of drug-likeness (QED) is 0.469. The summed E-state index contributed by atoms with van der Waals surface area (Å²) in [5.74, 6) is -2.20. The van der Waals surface area contributed by atoms with E-state index < -0.39 is 11.9 Å². The zero-order valence-corrected chi connectivity index (χ0v) is 17.3. The van der Waals surface area contributed by atoms with E-state index in [0.717, 1.165) is 26.2 Å². The largest absolute Gasteiger partial charge is 1.00 e. The van der Waals surface area contributed by atoms with Gasteiger partial charge in [-0.3, -0.25) is 0 Å². The van der Waals surface area contributed by atoms with Crippen LogP contribution in [-0.2, 0) is 9.59 Å². The van der Waals surface area contributed by atoms with Gasteiger partial charge in [0.15, 0.2) is 0 Å². The molecule has 0 aromatic heterocycles. The standard InChI is InChI=1S/C8H16O2.C2H4O2.2K/c1-3-5-6-7(4-2)8(9)10;1-2(3)4;;/h7H,3-6H2,1-2H3,(H,9,10);1H3,(H,3,4);;/q;;2*+1/p-2. The van der Waals surface area contributed by atoms with Crippen LogP contribution < -0.4 is 113 Å². The average molecular weight is 280 g/mol. The van der Waals surface area contributed by atoms with Gasteiger partial charge in [0.1, 0.15) is 0 Å². The van der Waals surface area contributed by atoms with Gasteiger partial charge in [0.25, 0.3) is 0 Å². The van der Waals surface area contributed by atoms with Crippen LogP contribution in [0.4, 0.5) is 0 Å². The van der Waals surface area contributed by atoms with Crippen LogP contribution in [0, 0.1) is 5.92 Å². The summed E-state index contributed by atoms with van der Waals surface area (Å²) in [4.78, 5) is 19.2. The maximum absolute atomic E-state index is 10.3. The first-order valence-electron chi connectivity index (χ1n) is 4.84. The van der Waals surface area contributed by atoms with Crippen LogP contribution in [0.5, 0.6) is 0 Å². The van der Waals surface area contributed by atoms with E-state index in [1.165, 1.54) is 0 Å². The number of hydrogen-bond donors (Lipinski definition) is 0. The summed E-state index contributed by atoms with van der Waals surface area (Å²) in [7, 11) is 0. The first-order valence-corrected chi connectivity index (χ1v) is 4.84. The third kappa shape index (κ3) is 25.2. The van der Waals surface area contributed by atoms with Gasteiger partial charge < -0.3 is 19.8 Å². The molecule has 0 saturated carbocycles. The summed E-state index contributed by atoms with van der Waals surface area (Å²) in [5.41, 5.74) is 0. The van der Waals surface area contributed by atoms with Crippen molar-refractivity contribution in [3.05, 3.63) is 0 Å². The van der Waals surface area contributed by atoms with Crippen molar-refractivity contribution in [2.24, 2.45) is 5.92 Å². The Morgan fingerprint density at radius 1 is 1.12 bits per heavy atom. The molecule has 1 atom stereocenters. The zero-order valence-electron chi connectivity index (χ0n) is 11.0. The number of aliphatic carboxylic acids is 2. The topological polar surface area (TPSA) is 80.3 Å². The Hall–Kier alpha value is 2.21. The Morgan fingerprint density at radius 2 is 1.50 bits per heavy atom. The molecule has 0 aliphatic rings. The van der Waals surface area contributed by atoms with Crippen molar-refractivity contribution in [2.45, 2.75) is 46.5 Å². The molecule has 0 aliphatic carbocycles. The van der Waals surface area contributed by atoms with Crippen LogP contribution in [0.2, 0.25) is 0 Å². The molecule has 0 heterocycles. The smallest absolute Gasteiger partial charge is 0.550 e. The van der Waals surface area contributed by atoms with E-state index in [1.54, 1.807) is 0 Å². The zero-order chi connectivity index (χ0) is 11.6. The van der Waals surface area contributed by atoms with Gasteiger partial charge >= 0.3 is 103 Å². The molecule has 0 rings (SSSR count). The number of hydrogen-bond acceptors (Lipinski definition) is 4. The van der Waals surface area contributed by atoms with E-state index in [-0.39, 0.29) is 109 Å². The summed E-state index contributed by atoms with van der Waals surface area (Å²) in [6, 6.07) is 0. The number of carboxylic acid groups (broad SMARTS) is 2. The molecule has 84 valence electrons. The van der Waals surface area contributed by atoms with Crippen LogP contribution >= 0.6 is 0 Å². The van der Waals surface area contributed by atoms with Crippen LogP contribution in [0.25, 0.3) is 0 Å². The normalized spacial score (nSPS) is 9.69. The van der Waals surface area contributed by atoms with Gasteiger partial charge in [0.2, 0.25) is 0 Å². The molecular formula is C10H18K2O4. The second kappa shape index (κ2) is 19.6. The first kappa shape index (κ1) is 26.7. The molecule has 0 fully saturated rings. The molecule has 1 unspecified atom stereocenters. The molecule has 0 radical (unpaired) electrons. The van der Waals surface area contributed by atoms with Gasteiger partial charge in [-0.25, -0.2) is 0 Å². The molecule has 0 aromatic carbocycles. The van der Waals surface area contributed by atoms with Crippen molar-refractivity contribution in [2.75, 3.05) is 0 Å². The Bertz CT molecular complexity index is 170. The van der Waals surface area contributed by atoms with Gasteiger partial charge in [-0.15, -0.1) is 0 Å². The first-order chi connectivity index (χ1) is 6.45. The molecule has 0 spiro atoms. The van der Waals surface area contributed by atoms with Gasteiger partial charge in [0, 0.05) is 11.9 Å². The summed E-state index contributed by atoms with van der Waals surface area (Å²) >= 11 is 0. The predicted octanol–water partition coefficient (Wildman–Crippen LogP) is -6.28. The molecule has 0 N–H and O–H groups in total. The monoisotopic (exact) mass is 280 g/mol. The van der Waals surface area contributed by atoms with Crippen LogP contribution in [0.15, 0.2) is 0 Å². The summed E-state index contributed by atoms with van der Waals surface area (Å²) in [5, 5.41) is 19.2. The second-order valence-electron chi connectivity index (χ2n) is 3.06. The molecule has 0 aromatic rings. The fourth-order valence-electron chi connectivity index (χ4n) is 0.939. The van der Waals surface area contributed by atoms with Gasteiger partial charge in [0.05, 0.1) is 0 Å². The second-order valence-corrected chi connectivity index (χ2v) is 3.06. The van der Waals surface area contributed by atoms with E-state index in [4.69, 9.17) is 9.90 Å². The third-order valence-corrected chi connectivity index (χ3v) is 1.73. The Balaban J connectivity index is -0.000000105. The molecular weight excluding hydrogens is 262 g/mol. The SMILES string of the molecule is CC(=O)[O-].CCCCC(CC)C(=O)[O-].[K+].[K+]. The van der Waals surface area contributed by atoms with Gasteiger partial charge in [-0.05, 0) is 25.7 Å². The minimum atomic E-state index is -1.08. The fraction of sp³-hybridized carbons (Fsp3) is 0.800. The Kier molecular flexibility index (Phi) is 32.6. The maximum Gasteiger partial charge on any atom is 1.00 e. The molecule has 0 amide bonds. The molecule has 0 aliphatic heterocycles. The van der Waals surface area contributed by atoms with Gasteiger partial charge in [-0.1, -0.05) is 26.7 Å². The van der Waals surface area contributed by atoms with Crippen molar-refractivity contribution in [1.29, 1.82) is 0 Å². The molecule has 4 nitrogen and oxygen atoms in total. The van der Waals surface area contributed by atoms with Crippen molar-refractivity contribution >= 4 is 11.9 Å². The summed E-state index contributed by atoms with van der Waals surface area (Å²) < 4.78 is 0. The van der Waals surface area contributed by atoms with Crippen molar-refractivity contribution in [1.82, 2.24) is 0 Å². The van der Waals surface area contributed by atoms with E-state index in [0.29, 0.717) is 6.42 Å². The third-order valence-electron chi connectivity index (χ3n) is 1.73. The number of carbonyl (C=O) groups is 2. The fourth-order valence-corrected chi connectivity index (χ4v) is 0.939. The van der Waals surface area contributed by atoms with Gasteiger partial charge in [-0.2, -0.15) is 0 Å². The number of unbranched alkanes of at least 4 members (excludes halogenated alkanes) is 1. The van der Waals surface area contributed by atoms with E-state index in [2.05, 4.69) is 6.92 Å². The predicted molar refractivity (Wildman–Crippen MR) is 49.0 cm³/mol. The van der Waals surface area contributed by atoms with E-state index in [9.17, 15) is 9.90 Å². The Morgan fingerprint density at radius 3 is 1.69 bits per heavy atom. The molecule has 6 heteroatoms. The molecule has 16 heavy (non-hydrogen) atoms.